The monoisotopic (exact) mass is 203 g/mol. The maximum atomic E-state index is 3.60. The quantitative estimate of drug-likeness (QED) is 0.772. The fourth-order valence-corrected chi connectivity index (χ4v) is 2.15. The van der Waals surface area contributed by atoms with Crippen molar-refractivity contribution in [3.05, 3.63) is 35.9 Å². The van der Waals surface area contributed by atoms with E-state index in [0.29, 0.717) is 6.04 Å². The summed E-state index contributed by atoms with van der Waals surface area (Å²) < 4.78 is 0. The fraction of sp³-hybridized carbons (Fsp3) is 0.571. The third-order valence-electron chi connectivity index (χ3n) is 3.53. The minimum atomic E-state index is 0.492. The van der Waals surface area contributed by atoms with Crippen LogP contribution in [-0.4, -0.2) is 6.54 Å². The average Bonchev–Trinajstić information content (AvgIpc) is 2.23. The van der Waals surface area contributed by atoms with Crippen molar-refractivity contribution in [3.8, 4) is 0 Å². The van der Waals surface area contributed by atoms with Gasteiger partial charge in [-0.15, -0.1) is 0 Å². The SMILES string of the molecule is CC(NCCC1CCC1)c1ccccc1. The lowest BCUT2D eigenvalue weighted by atomic mass is 9.83. The van der Waals surface area contributed by atoms with Gasteiger partial charge in [-0.05, 0) is 31.4 Å². The first-order valence-electron chi connectivity index (χ1n) is 6.14. The summed E-state index contributed by atoms with van der Waals surface area (Å²) in [6, 6.07) is 11.2. The van der Waals surface area contributed by atoms with Crippen LogP contribution in [0.15, 0.2) is 30.3 Å². The third kappa shape index (κ3) is 3.07. The molecular formula is C14H21N. The van der Waals surface area contributed by atoms with Crippen LogP contribution in [0.25, 0.3) is 0 Å². The fourth-order valence-electron chi connectivity index (χ4n) is 2.15. The zero-order valence-corrected chi connectivity index (χ0v) is 9.58. The van der Waals surface area contributed by atoms with Crippen molar-refractivity contribution in [2.75, 3.05) is 6.54 Å². The minimum absolute atomic E-state index is 0.492. The average molecular weight is 203 g/mol. The molecule has 1 fully saturated rings. The molecule has 0 radical (unpaired) electrons. The first-order valence-corrected chi connectivity index (χ1v) is 6.14. The van der Waals surface area contributed by atoms with E-state index in [1.54, 1.807) is 0 Å². The summed E-state index contributed by atoms with van der Waals surface area (Å²) in [5, 5.41) is 3.60. The summed E-state index contributed by atoms with van der Waals surface area (Å²) >= 11 is 0. The summed E-state index contributed by atoms with van der Waals surface area (Å²) in [4.78, 5) is 0. The zero-order valence-electron chi connectivity index (χ0n) is 9.58. The van der Waals surface area contributed by atoms with Gasteiger partial charge < -0.3 is 5.32 Å². The second-order valence-corrected chi connectivity index (χ2v) is 4.67. The first-order chi connectivity index (χ1) is 7.36. The Morgan fingerprint density at radius 2 is 2.00 bits per heavy atom. The summed E-state index contributed by atoms with van der Waals surface area (Å²) in [6.45, 7) is 3.41. The topological polar surface area (TPSA) is 12.0 Å². The molecule has 15 heavy (non-hydrogen) atoms. The van der Waals surface area contributed by atoms with E-state index in [2.05, 4.69) is 42.6 Å². The summed E-state index contributed by atoms with van der Waals surface area (Å²) in [7, 11) is 0. The summed E-state index contributed by atoms with van der Waals surface area (Å²) in [6.07, 6.45) is 5.73. The number of hydrogen-bond acceptors (Lipinski definition) is 1. The number of hydrogen-bond donors (Lipinski definition) is 1. The molecule has 1 nitrogen and oxygen atoms in total. The van der Waals surface area contributed by atoms with Crippen LogP contribution in [-0.2, 0) is 0 Å². The minimum Gasteiger partial charge on any atom is -0.310 e. The molecule has 1 aromatic carbocycles. The van der Waals surface area contributed by atoms with Gasteiger partial charge in [-0.1, -0.05) is 49.6 Å². The normalized spacial score (nSPS) is 18.5. The Morgan fingerprint density at radius 1 is 1.27 bits per heavy atom. The molecule has 1 aromatic rings. The van der Waals surface area contributed by atoms with E-state index < -0.39 is 0 Å². The maximum absolute atomic E-state index is 3.60. The van der Waals surface area contributed by atoms with Gasteiger partial charge in [-0.25, -0.2) is 0 Å². The highest BCUT2D eigenvalue weighted by Crippen LogP contribution is 2.28. The second kappa shape index (κ2) is 5.32. The van der Waals surface area contributed by atoms with Crippen LogP contribution in [0.2, 0.25) is 0 Å². The largest absolute Gasteiger partial charge is 0.310 e. The first kappa shape index (κ1) is 10.7. The molecule has 1 aliphatic rings. The molecule has 82 valence electrons. The van der Waals surface area contributed by atoms with Crippen LogP contribution in [0.5, 0.6) is 0 Å². The molecule has 1 N–H and O–H groups in total. The Balaban J connectivity index is 1.70. The molecule has 0 aromatic heterocycles. The van der Waals surface area contributed by atoms with E-state index in [-0.39, 0.29) is 0 Å². The summed E-state index contributed by atoms with van der Waals surface area (Å²) in [5.41, 5.74) is 1.39. The smallest absolute Gasteiger partial charge is 0.0291 e. The van der Waals surface area contributed by atoms with Crippen molar-refractivity contribution in [2.45, 2.75) is 38.6 Å². The molecule has 0 heterocycles. The lowest BCUT2D eigenvalue weighted by molar-refractivity contribution is 0.288. The van der Waals surface area contributed by atoms with Crippen LogP contribution in [0.1, 0.15) is 44.2 Å². The number of benzene rings is 1. The molecule has 0 amide bonds. The predicted octanol–water partition coefficient (Wildman–Crippen LogP) is 3.53. The van der Waals surface area contributed by atoms with Crippen LogP contribution in [0, 0.1) is 5.92 Å². The number of rotatable bonds is 5. The highest BCUT2D eigenvalue weighted by molar-refractivity contribution is 5.17. The molecule has 1 heteroatoms. The Labute approximate surface area is 92.9 Å². The van der Waals surface area contributed by atoms with Gasteiger partial charge in [0.15, 0.2) is 0 Å². The van der Waals surface area contributed by atoms with Crippen molar-refractivity contribution in [1.29, 1.82) is 0 Å². The van der Waals surface area contributed by atoms with Gasteiger partial charge in [0.2, 0.25) is 0 Å². The van der Waals surface area contributed by atoms with Crippen molar-refractivity contribution in [1.82, 2.24) is 5.32 Å². The Kier molecular flexibility index (Phi) is 3.79. The van der Waals surface area contributed by atoms with E-state index in [4.69, 9.17) is 0 Å². The molecule has 0 saturated heterocycles. The lowest BCUT2D eigenvalue weighted by Gasteiger charge is -2.26. The van der Waals surface area contributed by atoms with E-state index in [1.807, 2.05) is 0 Å². The Morgan fingerprint density at radius 3 is 2.60 bits per heavy atom. The lowest BCUT2D eigenvalue weighted by Crippen LogP contribution is -2.23. The second-order valence-electron chi connectivity index (χ2n) is 4.67. The molecule has 1 saturated carbocycles. The molecule has 1 atom stereocenters. The van der Waals surface area contributed by atoms with Crippen molar-refractivity contribution >= 4 is 0 Å². The van der Waals surface area contributed by atoms with Gasteiger partial charge in [-0.3, -0.25) is 0 Å². The highest BCUT2D eigenvalue weighted by atomic mass is 14.9. The van der Waals surface area contributed by atoms with E-state index >= 15 is 0 Å². The van der Waals surface area contributed by atoms with E-state index in [0.717, 1.165) is 5.92 Å². The zero-order chi connectivity index (χ0) is 10.5. The van der Waals surface area contributed by atoms with Crippen LogP contribution >= 0.6 is 0 Å². The van der Waals surface area contributed by atoms with Gasteiger partial charge in [0.1, 0.15) is 0 Å². The standard InChI is InChI=1S/C14H21N/c1-12(14-8-3-2-4-9-14)15-11-10-13-6-5-7-13/h2-4,8-9,12-13,15H,5-7,10-11H2,1H3. The molecule has 2 rings (SSSR count). The van der Waals surface area contributed by atoms with Crippen molar-refractivity contribution < 1.29 is 0 Å². The van der Waals surface area contributed by atoms with E-state index in [1.165, 1.54) is 37.8 Å². The van der Waals surface area contributed by atoms with Crippen molar-refractivity contribution in [3.63, 3.8) is 0 Å². The molecule has 0 aliphatic heterocycles. The third-order valence-corrected chi connectivity index (χ3v) is 3.53. The van der Waals surface area contributed by atoms with Gasteiger partial charge in [-0.2, -0.15) is 0 Å². The van der Waals surface area contributed by atoms with Crippen molar-refractivity contribution in [2.24, 2.45) is 5.92 Å². The van der Waals surface area contributed by atoms with E-state index in [9.17, 15) is 0 Å². The summed E-state index contributed by atoms with van der Waals surface area (Å²) in [5.74, 6) is 1.01. The predicted molar refractivity (Wildman–Crippen MR) is 64.8 cm³/mol. The number of nitrogens with one attached hydrogen (secondary N) is 1. The van der Waals surface area contributed by atoms with Crippen LogP contribution in [0.4, 0.5) is 0 Å². The van der Waals surface area contributed by atoms with Gasteiger partial charge in [0, 0.05) is 6.04 Å². The molecule has 1 aliphatic carbocycles. The molecule has 1 unspecified atom stereocenters. The van der Waals surface area contributed by atoms with Gasteiger partial charge in [0.05, 0.1) is 0 Å². The van der Waals surface area contributed by atoms with Gasteiger partial charge >= 0.3 is 0 Å². The molecular weight excluding hydrogens is 182 g/mol. The molecule has 0 spiro atoms. The molecule has 0 bridgehead atoms. The highest BCUT2D eigenvalue weighted by Gasteiger charge is 2.16. The Hall–Kier alpha value is -0.820. The van der Waals surface area contributed by atoms with Crippen LogP contribution in [0.3, 0.4) is 0 Å². The Bertz CT molecular complexity index is 277. The van der Waals surface area contributed by atoms with Crippen LogP contribution < -0.4 is 5.32 Å². The van der Waals surface area contributed by atoms with Gasteiger partial charge in [0.25, 0.3) is 0 Å². The maximum Gasteiger partial charge on any atom is 0.0291 e.